The molecule has 0 aromatic heterocycles. The third-order valence-electron chi connectivity index (χ3n) is 3.07. The maximum Gasteiger partial charge on any atom is 0.123 e. The lowest BCUT2D eigenvalue weighted by Crippen LogP contribution is -2.30. The van der Waals surface area contributed by atoms with Gasteiger partial charge in [0.05, 0.1) is 12.7 Å². The summed E-state index contributed by atoms with van der Waals surface area (Å²) in [4.78, 5) is 0. The Kier molecular flexibility index (Phi) is 3.91. The normalized spacial score (nSPS) is 23.0. The highest BCUT2D eigenvalue weighted by Crippen LogP contribution is 2.20. The molecule has 2 atom stereocenters. The molecule has 0 spiro atoms. The van der Waals surface area contributed by atoms with E-state index in [9.17, 15) is 9.50 Å². The van der Waals surface area contributed by atoms with Crippen molar-refractivity contribution in [1.82, 2.24) is 0 Å². The molecule has 0 bridgehead atoms. The Balaban J connectivity index is 1.93. The molecule has 0 radical (unpaired) electrons. The van der Waals surface area contributed by atoms with E-state index in [1.807, 2.05) is 6.07 Å². The second kappa shape index (κ2) is 5.41. The second-order valence-corrected chi connectivity index (χ2v) is 4.38. The molecule has 16 heavy (non-hydrogen) atoms. The molecule has 2 unspecified atom stereocenters. The van der Waals surface area contributed by atoms with Gasteiger partial charge in [-0.15, -0.1) is 0 Å². The van der Waals surface area contributed by atoms with Crippen molar-refractivity contribution < 1.29 is 14.2 Å². The minimum Gasteiger partial charge on any atom is -0.392 e. The highest BCUT2D eigenvalue weighted by molar-refractivity contribution is 5.17. The van der Waals surface area contributed by atoms with Crippen LogP contribution in [0.1, 0.15) is 18.4 Å². The van der Waals surface area contributed by atoms with Gasteiger partial charge in [-0.3, -0.25) is 0 Å². The van der Waals surface area contributed by atoms with Crippen molar-refractivity contribution >= 4 is 0 Å². The van der Waals surface area contributed by atoms with Crippen molar-refractivity contribution in [2.45, 2.75) is 25.4 Å². The number of aliphatic hydroxyl groups excluding tert-OH is 1. The second-order valence-electron chi connectivity index (χ2n) is 4.38. The van der Waals surface area contributed by atoms with Crippen molar-refractivity contribution in [3.05, 3.63) is 35.6 Å². The minimum absolute atomic E-state index is 0.192. The lowest BCUT2D eigenvalue weighted by molar-refractivity contribution is -0.00848. The first-order valence-corrected chi connectivity index (χ1v) is 5.76. The Morgan fingerprint density at radius 1 is 1.50 bits per heavy atom. The van der Waals surface area contributed by atoms with Gasteiger partial charge >= 0.3 is 0 Å². The molecule has 1 aromatic rings. The van der Waals surface area contributed by atoms with Gasteiger partial charge < -0.3 is 9.84 Å². The van der Waals surface area contributed by atoms with Crippen LogP contribution in [0.15, 0.2) is 24.3 Å². The summed E-state index contributed by atoms with van der Waals surface area (Å²) in [6.45, 7) is 1.42. The van der Waals surface area contributed by atoms with E-state index >= 15 is 0 Å². The van der Waals surface area contributed by atoms with Crippen molar-refractivity contribution in [2.24, 2.45) is 5.92 Å². The molecular formula is C13H17FO2. The van der Waals surface area contributed by atoms with Gasteiger partial charge in [0.25, 0.3) is 0 Å². The van der Waals surface area contributed by atoms with E-state index in [0.29, 0.717) is 13.0 Å². The van der Waals surface area contributed by atoms with Gasteiger partial charge in [-0.25, -0.2) is 4.39 Å². The van der Waals surface area contributed by atoms with Crippen LogP contribution in [0.3, 0.4) is 0 Å². The maximum atomic E-state index is 13.0. The van der Waals surface area contributed by atoms with E-state index in [4.69, 9.17) is 4.74 Å². The fraction of sp³-hybridized carbons (Fsp3) is 0.538. The fourth-order valence-corrected chi connectivity index (χ4v) is 2.14. The molecular weight excluding hydrogens is 207 g/mol. The maximum absolute atomic E-state index is 13.0. The van der Waals surface area contributed by atoms with Crippen LogP contribution in [0, 0.1) is 11.7 Å². The van der Waals surface area contributed by atoms with Crippen LogP contribution >= 0.6 is 0 Å². The number of ether oxygens (including phenoxy) is 1. The third kappa shape index (κ3) is 3.03. The van der Waals surface area contributed by atoms with Crippen LogP contribution in [0.25, 0.3) is 0 Å². The quantitative estimate of drug-likeness (QED) is 0.852. The first kappa shape index (κ1) is 11.6. The Hall–Kier alpha value is -0.930. The van der Waals surface area contributed by atoms with E-state index in [2.05, 4.69) is 0 Å². The van der Waals surface area contributed by atoms with E-state index in [1.165, 1.54) is 12.1 Å². The van der Waals surface area contributed by atoms with Crippen LogP contribution in [-0.4, -0.2) is 24.4 Å². The molecule has 2 rings (SSSR count). The van der Waals surface area contributed by atoms with Crippen LogP contribution in [0.5, 0.6) is 0 Å². The zero-order chi connectivity index (χ0) is 11.4. The molecule has 1 N–H and O–H groups in total. The number of hydrogen-bond donors (Lipinski definition) is 1. The Morgan fingerprint density at radius 3 is 3.06 bits per heavy atom. The number of hydrogen-bond acceptors (Lipinski definition) is 2. The Labute approximate surface area is 95.1 Å². The van der Waals surface area contributed by atoms with E-state index < -0.39 is 6.10 Å². The number of rotatable bonds is 3. The molecule has 1 aromatic carbocycles. The molecule has 1 aliphatic rings. The molecule has 0 aliphatic carbocycles. The van der Waals surface area contributed by atoms with Gasteiger partial charge in [-0.1, -0.05) is 12.1 Å². The molecule has 0 amide bonds. The van der Waals surface area contributed by atoms with Crippen LogP contribution < -0.4 is 0 Å². The smallest absolute Gasteiger partial charge is 0.123 e. The van der Waals surface area contributed by atoms with Crippen molar-refractivity contribution in [3.8, 4) is 0 Å². The monoisotopic (exact) mass is 224 g/mol. The predicted molar refractivity (Wildman–Crippen MR) is 59.7 cm³/mol. The Bertz CT molecular complexity index is 334. The topological polar surface area (TPSA) is 29.5 Å². The summed E-state index contributed by atoms with van der Waals surface area (Å²) in [5.41, 5.74) is 0.845. The first-order valence-electron chi connectivity index (χ1n) is 5.76. The van der Waals surface area contributed by atoms with E-state index in [1.54, 1.807) is 6.07 Å². The summed E-state index contributed by atoms with van der Waals surface area (Å²) in [6, 6.07) is 6.41. The molecule has 88 valence electrons. The van der Waals surface area contributed by atoms with Crippen molar-refractivity contribution in [1.29, 1.82) is 0 Å². The minimum atomic E-state index is -0.429. The summed E-state index contributed by atoms with van der Waals surface area (Å²) in [5.74, 6) is -0.0541. The standard InChI is InChI=1S/C13H17FO2/c14-12-5-1-3-10(7-12)8-13(15)11-4-2-6-16-9-11/h1,3,5,7,11,13,15H,2,4,6,8-9H2. The molecule has 3 heteroatoms. The van der Waals surface area contributed by atoms with Crippen molar-refractivity contribution in [2.75, 3.05) is 13.2 Å². The zero-order valence-corrected chi connectivity index (χ0v) is 9.23. The average molecular weight is 224 g/mol. The van der Waals surface area contributed by atoms with Crippen LogP contribution in [0.2, 0.25) is 0 Å². The molecule has 1 heterocycles. The number of benzene rings is 1. The SMILES string of the molecule is OC(Cc1cccc(F)c1)C1CCCOC1. The molecule has 1 saturated heterocycles. The lowest BCUT2D eigenvalue weighted by atomic mass is 9.91. The van der Waals surface area contributed by atoms with E-state index in [-0.39, 0.29) is 11.7 Å². The largest absolute Gasteiger partial charge is 0.392 e. The van der Waals surface area contributed by atoms with E-state index in [0.717, 1.165) is 25.0 Å². The van der Waals surface area contributed by atoms with Gasteiger partial charge in [0, 0.05) is 12.5 Å². The van der Waals surface area contributed by atoms with Gasteiger partial charge in [-0.2, -0.15) is 0 Å². The lowest BCUT2D eigenvalue weighted by Gasteiger charge is -2.26. The van der Waals surface area contributed by atoms with Gasteiger partial charge in [0.2, 0.25) is 0 Å². The number of halogens is 1. The summed E-state index contributed by atoms with van der Waals surface area (Å²) in [5, 5.41) is 10.0. The summed E-state index contributed by atoms with van der Waals surface area (Å²) >= 11 is 0. The predicted octanol–water partition coefficient (Wildman–Crippen LogP) is 2.16. The summed E-state index contributed by atoms with van der Waals surface area (Å²) in [6.07, 6.45) is 2.08. The van der Waals surface area contributed by atoms with Gasteiger partial charge in [-0.05, 0) is 37.0 Å². The van der Waals surface area contributed by atoms with Crippen molar-refractivity contribution in [3.63, 3.8) is 0 Å². The molecule has 2 nitrogen and oxygen atoms in total. The highest BCUT2D eigenvalue weighted by Gasteiger charge is 2.22. The van der Waals surface area contributed by atoms with Crippen LogP contribution in [-0.2, 0) is 11.2 Å². The third-order valence-corrected chi connectivity index (χ3v) is 3.07. The first-order chi connectivity index (χ1) is 7.75. The Morgan fingerprint density at radius 2 is 2.38 bits per heavy atom. The average Bonchev–Trinajstić information content (AvgIpc) is 2.30. The molecule has 1 aliphatic heterocycles. The summed E-state index contributed by atoms with van der Waals surface area (Å²) < 4.78 is 18.3. The molecule has 0 saturated carbocycles. The fourth-order valence-electron chi connectivity index (χ4n) is 2.14. The highest BCUT2D eigenvalue weighted by atomic mass is 19.1. The molecule has 1 fully saturated rings. The zero-order valence-electron chi connectivity index (χ0n) is 9.23. The van der Waals surface area contributed by atoms with Gasteiger partial charge in [0.1, 0.15) is 5.82 Å². The van der Waals surface area contributed by atoms with Gasteiger partial charge in [0.15, 0.2) is 0 Å². The number of aliphatic hydroxyl groups is 1. The summed E-state index contributed by atoms with van der Waals surface area (Å²) in [7, 11) is 0. The van der Waals surface area contributed by atoms with Crippen LogP contribution in [0.4, 0.5) is 4.39 Å².